The number of carbonyl (C=O) groups is 1. The summed E-state index contributed by atoms with van der Waals surface area (Å²) in [6.07, 6.45) is 0.631. The molecule has 0 radical (unpaired) electrons. The van der Waals surface area contributed by atoms with Gasteiger partial charge in [-0.3, -0.25) is 9.59 Å². The molecule has 2 heterocycles. The number of benzene rings is 2. The molecule has 0 aliphatic heterocycles. The second kappa shape index (κ2) is 8.12. The molecule has 0 unspecified atom stereocenters. The van der Waals surface area contributed by atoms with Crippen molar-refractivity contribution in [2.45, 2.75) is 6.42 Å². The van der Waals surface area contributed by atoms with Gasteiger partial charge >= 0.3 is 0 Å². The summed E-state index contributed by atoms with van der Waals surface area (Å²) in [4.78, 5) is 32.3. The van der Waals surface area contributed by atoms with Gasteiger partial charge in [0.25, 0.3) is 11.5 Å². The Morgan fingerprint density at radius 1 is 1.03 bits per heavy atom. The fourth-order valence-corrected chi connectivity index (χ4v) is 3.62. The van der Waals surface area contributed by atoms with Crippen molar-refractivity contribution in [1.82, 2.24) is 9.97 Å². The lowest BCUT2D eigenvalue weighted by molar-refractivity contribution is 0.101. The number of hydrogen-bond acceptors (Lipinski definition) is 5. The number of anilines is 1. The van der Waals surface area contributed by atoms with Gasteiger partial charge in [-0.1, -0.05) is 54.6 Å². The molecular weight excluding hydrogens is 386 g/mol. The zero-order chi connectivity index (χ0) is 20.2. The average Bonchev–Trinajstić information content (AvgIpc) is 3.27. The Bertz CT molecular complexity index is 1200. The summed E-state index contributed by atoms with van der Waals surface area (Å²) in [6, 6.07) is 20.9. The minimum atomic E-state index is -0.758. The van der Waals surface area contributed by atoms with Crippen LogP contribution in [0.15, 0.2) is 76.9 Å². The topological polar surface area (TPSA) is 95.1 Å². The van der Waals surface area contributed by atoms with E-state index in [0.717, 1.165) is 11.1 Å². The number of aromatic hydroxyl groups is 1. The molecule has 7 heteroatoms. The van der Waals surface area contributed by atoms with E-state index in [2.05, 4.69) is 15.3 Å². The summed E-state index contributed by atoms with van der Waals surface area (Å²) in [5.41, 5.74) is 1.54. The third-order valence-corrected chi connectivity index (χ3v) is 5.24. The molecule has 3 N–H and O–H groups in total. The number of aromatic nitrogens is 2. The van der Waals surface area contributed by atoms with E-state index in [4.69, 9.17) is 0 Å². The van der Waals surface area contributed by atoms with Gasteiger partial charge in [0.05, 0.1) is 4.88 Å². The van der Waals surface area contributed by atoms with E-state index in [1.54, 1.807) is 12.1 Å². The highest BCUT2D eigenvalue weighted by molar-refractivity contribution is 7.13. The molecular formula is C22H17N3O3S. The first-order valence-corrected chi connectivity index (χ1v) is 9.80. The van der Waals surface area contributed by atoms with Crippen LogP contribution in [0.3, 0.4) is 0 Å². The van der Waals surface area contributed by atoms with Gasteiger partial charge < -0.3 is 15.4 Å². The number of H-pyrrole nitrogens is 1. The molecule has 1 amide bonds. The Morgan fingerprint density at radius 2 is 1.79 bits per heavy atom. The molecule has 0 aliphatic carbocycles. The maximum Gasteiger partial charge on any atom is 0.294 e. The number of amides is 1. The minimum Gasteiger partial charge on any atom is -0.501 e. The number of nitrogens with one attached hydrogen (secondary N) is 2. The number of nitrogens with zero attached hydrogens (tertiary/aromatic N) is 1. The fourth-order valence-electron chi connectivity index (χ4n) is 2.95. The molecule has 144 valence electrons. The van der Waals surface area contributed by atoms with E-state index in [-0.39, 0.29) is 11.5 Å². The molecule has 0 saturated carbocycles. The van der Waals surface area contributed by atoms with Crippen molar-refractivity contribution in [2.75, 3.05) is 5.32 Å². The van der Waals surface area contributed by atoms with E-state index in [9.17, 15) is 14.7 Å². The largest absolute Gasteiger partial charge is 0.501 e. The van der Waals surface area contributed by atoms with E-state index in [0.29, 0.717) is 17.0 Å². The van der Waals surface area contributed by atoms with Gasteiger partial charge in [0, 0.05) is 5.69 Å². The highest BCUT2D eigenvalue weighted by Gasteiger charge is 2.20. The van der Waals surface area contributed by atoms with E-state index in [1.165, 1.54) is 11.3 Å². The summed E-state index contributed by atoms with van der Waals surface area (Å²) in [5.74, 6) is -1.11. The summed E-state index contributed by atoms with van der Waals surface area (Å²) < 4.78 is 0. The van der Waals surface area contributed by atoms with Crippen LogP contribution in [-0.2, 0) is 6.42 Å². The zero-order valence-electron chi connectivity index (χ0n) is 15.3. The maximum atomic E-state index is 12.8. The molecule has 4 rings (SSSR count). The molecule has 2 aromatic heterocycles. The molecule has 0 spiro atoms. The predicted molar refractivity (Wildman–Crippen MR) is 113 cm³/mol. The van der Waals surface area contributed by atoms with Crippen molar-refractivity contribution in [3.05, 3.63) is 99.3 Å². The van der Waals surface area contributed by atoms with Gasteiger partial charge in [0.2, 0.25) is 5.75 Å². The monoisotopic (exact) mass is 403 g/mol. The standard InChI is InChI=1S/C22H17N3O3S/c26-19-18(24-20(25-22(19)28)17-11-6-12-29-17)21(27)23-16-10-5-4-9-15(16)13-14-7-2-1-3-8-14/h1-12,26H,13H2,(H,23,27)(H,24,25,28). The molecule has 0 bridgehead atoms. The molecule has 0 atom stereocenters. The van der Waals surface area contributed by atoms with Crippen LogP contribution in [0, 0.1) is 0 Å². The SMILES string of the molecule is O=C(Nc1ccccc1Cc1ccccc1)c1nc(-c2cccs2)[nH]c(=O)c1O. The minimum absolute atomic E-state index is 0.241. The third kappa shape index (κ3) is 4.09. The zero-order valence-corrected chi connectivity index (χ0v) is 16.1. The lowest BCUT2D eigenvalue weighted by Crippen LogP contribution is -2.20. The van der Waals surface area contributed by atoms with Crippen molar-refractivity contribution in [3.63, 3.8) is 0 Å². The Balaban J connectivity index is 1.65. The van der Waals surface area contributed by atoms with Crippen LogP contribution in [0.4, 0.5) is 5.69 Å². The Kier molecular flexibility index (Phi) is 5.22. The third-order valence-electron chi connectivity index (χ3n) is 4.37. The quantitative estimate of drug-likeness (QED) is 0.469. The number of para-hydroxylation sites is 1. The number of thiophene rings is 1. The summed E-state index contributed by atoms with van der Waals surface area (Å²) in [6.45, 7) is 0. The summed E-state index contributed by atoms with van der Waals surface area (Å²) in [5, 5.41) is 14.7. The van der Waals surface area contributed by atoms with Crippen LogP contribution in [0.2, 0.25) is 0 Å². The highest BCUT2D eigenvalue weighted by atomic mass is 32.1. The van der Waals surface area contributed by atoms with Crippen LogP contribution in [0.1, 0.15) is 21.6 Å². The normalized spacial score (nSPS) is 10.6. The van der Waals surface area contributed by atoms with E-state index < -0.39 is 17.2 Å². The van der Waals surface area contributed by atoms with Gasteiger partial charge in [-0.05, 0) is 35.1 Å². The van der Waals surface area contributed by atoms with Gasteiger partial charge in [-0.15, -0.1) is 11.3 Å². The second-order valence-corrected chi connectivity index (χ2v) is 7.31. The van der Waals surface area contributed by atoms with Crippen molar-refractivity contribution in [3.8, 4) is 16.5 Å². The Hall–Kier alpha value is -3.71. The van der Waals surface area contributed by atoms with Crippen LogP contribution in [0.5, 0.6) is 5.75 Å². The molecule has 0 saturated heterocycles. The number of hydrogen-bond donors (Lipinski definition) is 3. The molecule has 0 aliphatic rings. The van der Waals surface area contributed by atoms with Crippen molar-refractivity contribution >= 4 is 22.9 Å². The molecule has 6 nitrogen and oxygen atoms in total. The second-order valence-electron chi connectivity index (χ2n) is 6.36. The van der Waals surface area contributed by atoms with E-state index >= 15 is 0 Å². The molecule has 29 heavy (non-hydrogen) atoms. The molecule has 4 aromatic rings. The van der Waals surface area contributed by atoms with Crippen LogP contribution < -0.4 is 10.9 Å². The Labute approximate surface area is 170 Å². The summed E-state index contributed by atoms with van der Waals surface area (Å²) in [7, 11) is 0. The van der Waals surface area contributed by atoms with Crippen molar-refractivity contribution in [2.24, 2.45) is 0 Å². The number of rotatable bonds is 5. The maximum absolute atomic E-state index is 12.8. The van der Waals surface area contributed by atoms with Crippen molar-refractivity contribution < 1.29 is 9.90 Å². The van der Waals surface area contributed by atoms with Crippen LogP contribution in [0.25, 0.3) is 10.7 Å². The first kappa shape index (κ1) is 18.6. The van der Waals surface area contributed by atoms with Crippen LogP contribution >= 0.6 is 11.3 Å². The Morgan fingerprint density at radius 3 is 2.55 bits per heavy atom. The molecule has 0 fully saturated rings. The van der Waals surface area contributed by atoms with Gasteiger partial charge in [-0.2, -0.15) is 0 Å². The average molecular weight is 403 g/mol. The lowest BCUT2D eigenvalue weighted by Gasteiger charge is -2.12. The highest BCUT2D eigenvalue weighted by Crippen LogP contribution is 2.24. The van der Waals surface area contributed by atoms with E-state index in [1.807, 2.05) is 60.0 Å². The van der Waals surface area contributed by atoms with Crippen molar-refractivity contribution in [1.29, 1.82) is 0 Å². The fraction of sp³-hybridized carbons (Fsp3) is 0.0455. The predicted octanol–water partition coefficient (Wildman–Crippen LogP) is 4.05. The van der Waals surface area contributed by atoms with Gasteiger partial charge in [0.15, 0.2) is 11.5 Å². The first-order chi connectivity index (χ1) is 14.1. The van der Waals surface area contributed by atoms with Gasteiger partial charge in [-0.25, -0.2) is 4.98 Å². The number of aromatic amines is 1. The summed E-state index contributed by atoms with van der Waals surface area (Å²) >= 11 is 1.37. The van der Waals surface area contributed by atoms with Crippen LogP contribution in [-0.4, -0.2) is 21.0 Å². The smallest absolute Gasteiger partial charge is 0.294 e. The molecule has 2 aromatic carbocycles. The van der Waals surface area contributed by atoms with Gasteiger partial charge in [0.1, 0.15) is 0 Å². The number of carbonyl (C=O) groups excluding carboxylic acids is 1. The first-order valence-electron chi connectivity index (χ1n) is 8.92. The lowest BCUT2D eigenvalue weighted by atomic mass is 10.0.